The Hall–Kier alpha value is -2.66. The Morgan fingerprint density at radius 2 is 1.81 bits per heavy atom. The van der Waals surface area contributed by atoms with Gasteiger partial charge < -0.3 is 11.1 Å². The summed E-state index contributed by atoms with van der Waals surface area (Å²) in [6.07, 6.45) is 1.64. The number of primary amides is 1. The number of carbonyl (C=O) groups is 2. The van der Waals surface area contributed by atoms with Crippen LogP contribution in [0.3, 0.4) is 0 Å². The van der Waals surface area contributed by atoms with Gasteiger partial charge in [-0.3, -0.25) is 14.5 Å². The van der Waals surface area contributed by atoms with E-state index in [1.54, 1.807) is 0 Å². The van der Waals surface area contributed by atoms with Gasteiger partial charge in [-0.2, -0.15) is 0 Å². The molecule has 0 aromatic heterocycles. The summed E-state index contributed by atoms with van der Waals surface area (Å²) >= 11 is 0. The van der Waals surface area contributed by atoms with Gasteiger partial charge in [0.1, 0.15) is 0 Å². The van der Waals surface area contributed by atoms with Gasteiger partial charge in [-0.1, -0.05) is 18.2 Å². The van der Waals surface area contributed by atoms with Gasteiger partial charge in [-0.15, -0.1) is 0 Å². The number of nitrogens with two attached hydrogens (primary N) is 1. The number of carbonyl (C=O) groups excluding carboxylic acids is 2. The quantitative estimate of drug-likeness (QED) is 0.854. The number of likely N-dealkylation sites (tertiary alicyclic amines) is 1. The number of anilines is 1. The lowest BCUT2D eigenvalue weighted by atomic mass is 9.96. The van der Waals surface area contributed by atoms with Gasteiger partial charge in [-0.25, -0.2) is 0 Å². The number of nitrogens with one attached hydrogen (secondary N) is 1. The number of piperidine rings is 1. The Kier molecular flexibility index (Phi) is 5.91. The van der Waals surface area contributed by atoms with Crippen molar-refractivity contribution in [2.24, 2.45) is 11.7 Å². The molecule has 1 aliphatic rings. The molecule has 0 unspecified atom stereocenters. The van der Waals surface area contributed by atoms with E-state index >= 15 is 0 Å². The molecule has 0 atom stereocenters. The van der Waals surface area contributed by atoms with Gasteiger partial charge in [0, 0.05) is 23.7 Å². The molecule has 1 fully saturated rings. The minimum absolute atomic E-state index is 0.00448. The molecule has 3 N–H and O–H groups in total. The first-order valence-corrected chi connectivity index (χ1v) is 9.41. The molecule has 0 spiro atoms. The molecule has 142 valence electrons. The fraction of sp³-hybridized carbons (Fsp3) is 0.364. The predicted molar refractivity (Wildman–Crippen MR) is 108 cm³/mol. The van der Waals surface area contributed by atoms with Gasteiger partial charge in [0.25, 0.3) is 5.91 Å². The van der Waals surface area contributed by atoms with Gasteiger partial charge in [0.15, 0.2) is 0 Å². The highest BCUT2D eigenvalue weighted by Crippen LogP contribution is 2.20. The molecule has 5 heteroatoms. The number of nitrogens with zero attached hydrogens (tertiary/aromatic N) is 1. The average Bonchev–Trinajstić information content (AvgIpc) is 2.64. The first-order valence-electron chi connectivity index (χ1n) is 9.41. The van der Waals surface area contributed by atoms with Crippen molar-refractivity contribution in [2.45, 2.75) is 33.2 Å². The molecule has 5 nitrogen and oxygen atoms in total. The average molecular weight is 365 g/mol. The second-order valence-electron chi connectivity index (χ2n) is 7.41. The SMILES string of the molecule is Cc1ccc(C(=O)Nc2cccc(CN3CCC(C(N)=O)CC3)c2)cc1C. The molecule has 2 amide bonds. The minimum atomic E-state index is -0.189. The summed E-state index contributed by atoms with van der Waals surface area (Å²) in [5.41, 5.74) is 10.3. The number of aryl methyl sites for hydroxylation is 2. The van der Waals surface area contributed by atoms with Gasteiger partial charge in [0.2, 0.25) is 5.91 Å². The van der Waals surface area contributed by atoms with Crippen LogP contribution in [0, 0.1) is 19.8 Å². The van der Waals surface area contributed by atoms with E-state index in [1.807, 2.05) is 50.2 Å². The van der Waals surface area contributed by atoms with Crippen LogP contribution >= 0.6 is 0 Å². The molecule has 1 saturated heterocycles. The largest absolute Gasteiger partial charge is 0.369 e. The highest BCUT2D eigenvalue weighted by atomic mass is 16.2. The van der Waals surface area contributed by atoms with Crippen molar-refractivity contribution in [3.05, 3.63) is 64.7 Å². The summed E-state index contributed by atoms with van der Waals surface area (Å²) in [7, 11) is 0. The summed E-state index contributed by atoms with van der Waals surface area (Å²) in [5.74, 6) is -0.284. The Bertz CT molecular complexity index is 839. The zero-order chi connectivity index (χ0) is 19.4. The maximum atomic E-state index is 12.5. The van der Waals surface area contributed by atoms with Crippen molar-refractivity contribution in [3.8, 4) is 0 Å². The summed E-state index contributed by atoms with van der Waals surface area (Å²) in [6, 6.07) is 13.7. The van der Waals surface area contributed by atoms with Crippen molar-refractivity contribution in [3.63, 3.8) is 0 Å². The van der Waals surface area contributed by atoms with Crippen LogP contribution in [0.5, 0.6) is 0 Å². The fourth-order valence-electron chi connectivity index (χ4n) is 3.47. The third-order valence-corrected chi connectivity index (χ3v) is 5.35. The van der Waals surface area contributed by atoms with E-state index in [0.29, 0.717) is 5.56 Å². The summed E-state index contributed by atoms with van der Waals surface area (Å²) < 4.78 is 0. The summed E-state index contributed by atoms with van der Waals surface area (Å²) in [4.78, 5) is 26.1. The number of hydrogen-bond donors (Lipinski definition) is 2. The van der Waals surface area contributed by atoms with E-state index in [2.05, 4.69) is 16.3 Å². The van der Waals surface area contributed by atoms with E-state index < -0.39 is 0 Å². The second-order valence-corrected chi connectivity index (χ2v) is 7.41. The molecule has 2 aromatic carbocycles. The fourth-order valence-corrected chi connectivity index (χ4v) is 3.47. The van der Waals surface area contributed by atoms with Gasteiger partial charge in [0.05, 0.1) is 0 Å². The maximum absolute atomic E-state index is 12.5. The summed E-state index contributed by atoms with van der Waals surface area (Å²) in [6.45, 7) is 6.58. The van der Waals surface area contributed by atoms with E-state index in [1.165, 1.54) is 5.56 Å². The van der Waals surface area contributed by atoms with Crippen molar-refractivity contribution >= 4 is 17.5 Å². The lowest BCUT2D eigenvalue weighted by Gasteiger charge is -2.30. The van der Waals surface area contributed by atoms with Crippen molar-refractivity contribution in [1.82, 2.24) is 4.90 Å². The topological polar surface area (TPSA) is 75.4 Å². The minimum Gasteiger partial charge on any atom is -0.369 e. The van der Waals surface area contributed by atoms with Gasteiger partial charge >= 0.3 is 0 Å². The maximum Gasteiger partial charge on any atom is 0.255 e. The Labute approximate surface area is 160 Å². The smallest absolute Gasteiger partial charge is 0.255 e. The van der Waals surface area contributed by atoms with Crippen LogP contribution in [-0.4, -0.2) is 29.8 Å². The molecule has 1 aliphatic heterocycles. The molecule has 2 aromatic rings. The van der Waals surface area contributed by atoms with E-state index in [9.17, 15) is 9.59 Å². The van der Waals surface area contributed by atoms with Gasteiger partial charge in [-0.05, 0) is 80.7 Å². The number of amides is 2. The lowest BCUT2D eigenvalue weighted by molar-refractivity contribution is -0.123. The lowest BCUT2D eigenvalue weighted by Crippen LogP contribution is -2.38. The zero-order valence-corrected chi connectivity index (χ0v) is 16.0. The molecule has 3 rings (SSSR count). The molecule has 0 saturated carbocycles. The molecule has 0 radical (unpaired) electrons. The van der Waals surface area contributed by atoms with Crippen LogP contribution in [0.4, 0.5) is 5.69 Å². The Balaban J connectivity index is 1.61. The number of hydrogen-bond acceptors (Lipinski definition) is 3. The van der Waals surface area contributed by atoms with Crippen LogP contribution in [0.25, 0.3) is 0 Å². The van der Waals surface area contributed by atoms with Crippen LogP contribution in [-0.2, 0) is 11.3 Å². The zero-order valence-electron chi connectivity index (χ0n) is 16.0. The molecule has 27 heavy (non-hydrogen) atoms. The molecular formula is C22H27N3O2. The van der Waals surface area contributed by atoms with E-state index in [-0.39, 0.29) is 17.7 Å². The van der Waals surface area contributed by atoms with Crippen molar-refractivity contribution < 1.29 is 9.59 Å². The monoisotopic (exact) mass is 365 g/mol. The highest BCUT2D eigenvalue weighted by molar-refractivity contribution is 6.04. The van der Waals surface area contributed by atoms with E-state index in [4.69, 9.17) is 5.73 Å². The third kappa shape index (κ3) is 4.95. The summed E-state index contributed by atoms with van der Waals surface area (Å²) in [5, 5.41) is 2.99. The molecule has 0 aliphatic carbocycles. The van der Waals surface area contributed by atoms with Crippen molar-refractivity contribution in [2.75, 3.05) is 18.4 Å². The van der Waals surface area contributed by atoms with Crippen LogP contribution in [0.2, 0.25) is 0 Å². The molecule has 1 heterocycles. The number of benzene rings is 2. The van der Waals surface area contributed by atoms with Crippen LogP contribution < -0.4 is 11.1 Å². The standard InChI is InChI=1S/C22H27N3O2/c1-15-6-7-19(12-16(15)2)22(27)24-20-5-3-4-17(13-20)14-25-10-8-18(9-11-25)21(23)26/h3-7,12-13,18H,8-11,14H2,1-2H3,(H2,23,26)(H,24,27). The molecular weight excluding hydrogens is 338 g/mol. The Morgan fingerprint density at radius 1 is 1.07 bits per heavy atom. The van der Waals surface area contributed by atoms with Crippen molar-refractivity contribution in [1.29, 1.82) is 0 Å². The normalized spacial score (nSPS) is 15.5. The van der Waals surface area contributed by atoms with Crippen LogP contribution in [0.15, 0.2) is 42.5 Å². The van der Waals surface area contributed by atoms with Crippen LogP contribution in [0.1, 0.15) is 39.9 Å². The third-order valence-electron chi connectivity index (χ3n) is 5.35. The second kappa shape index (κ2) is 8.35. The Morgan fingerprint density at radius 3 is 2.48 bits per heavy atom. The first kappa shape index (κ1) is 19.1. The number of rotatable bonds is 5. The highest BCUT2D eigenvalue weighted by Gasteiger charge is 2.23. The molecule has 0 bridgehead atoms. The first-order chi connectivity index (χ1) is 12.9. The van der Waals surface area contributed by atoms with E-state index in [0.717, 1.165) is 49.3 Å². The predicted octanol–water partition coefficient (Wildman–Crippen LogP) is 3.25.